The van der Waals surface area contributed by atoms with Gasteiger partial charge in [-0.1, -0.05) is 60.7 Å². The molecule has 0 bridgehead atoms. The van der Waals surface area contributed by atoms with Crippen LogP contribution < -0.4 is 16.4 Å². The molecule has 0 atom stereocenters. The Morgan fingerprint density at radius 3 is 1.70 bits per heavy atom. The maximum absolute atomic E-state index is 5.88. The van der Waals surface area contributed by atoms with Crippen LogP contribution in [-0.2, 0) is 13.1 Å². The molecule has 0 amide bonds. The van der Waals surface area contributed by atoms with E-state index in [1.165, 1.54) is 11.1 Å². The van der Waals surface area contributed by atoms with Gasteiger partial charge in [-0.25, -0.2) is 4.98 Å². The quantitative estimate of drug-likeness (QED) is 0.757. The van der Waals surface area contributed by atoms with E-state index in [9.17, 15) is 0 Å². The second-order valence-electron chi connectivity index (χ2n) is 5.47. The number of rotatable bonds is 5. The molecule has 23 heavy (non-hydrogen) atoms. The maximum Gasteiger partial charge on any atom is 0.149 e. The van der Waals surface area contributed by atoms with Gasteiger partial charge in [-0.3, -0.25) is 0 Å². The highest BCUT2D eigenvalue weighted by Crippen LogP contribution is 2.22. The number of hydrogen-bond acceptors (Lipinski definition) is 4. The third kappa shape index (κ3) is 3.80. The van der Waals surface area contributed by atoms with E-state index in [2.05, 4.69) is 34.1 Å². The van der Waals surface area contributed by atoms with Crippen molar-refractivity contribution in [1.29, 1.82) is 0 Å². The van der Waals surface area contributed by atoms with Crippen molar-refractivity contribution in [1.82, 2.24) is 4.98 Å². The zero-order valence-corrected chi connectivity index (χ0v) is 12.9. The molecule has 0 spiro atoms. The van der Waals surface area contributed by atoms with Crippen LogP contribution in [0, 0.1) is 0 Å². The Bertz CT molecular complexity index is 715. The third-order valence-electron chi connectivity index (χ3n) is 3.70. The molecule has 3 aromatic rings. The van der Waals surface area contributed by atoms with E-state index in [0.29, 0.717) is 11.5 Å². The largest absolute Gasteiger partial charge is 0.396 e. The van der Waals surface area contributed by atoms with E-state index in [-0.39, 0.29) is 0 Å². The van der Waals surface area contributed by atoms with Gasteiger partial charge in [0, 0.05) is 13.1 Å². The molecule has 0 fully saturated rings. The summed E-state index contributed by atoms with van der Waals surface area (Å²) in [5, 5.41) is 0. The molecule has 116 valence electrons. The fourth-order valence-corrected chi connectivity index (χ4v) is 2.48. The molecule has 0 aliphatic rings. The summed E-state index contributed by atoms with van der Waals surface area (Å²) in [6, 6.07) is 24.4. The second kappa shape index (κ2) is 6.83. The minimum absolute atomic E-state index is 0.369. The van der Waals surface area contributed by atoms with Crippen molar-refractivity contribution in [3.63, 3.8) is 0 Å². The highest BCUT2D eigenvalue weighted by Gasteiger charge is 2.11. The summed E-state index contributed by atoms with van der Waals surface area (Å²) in [6.07, 6.45) is 0. The average Bonchev–Trinajstić information content (AvgIpc) is 2.59. The molecule has 0 radical (unpaired) electrons. The first-order valence-electron chi connectivity index (χ1n) is 7.57. The Morgan fingerprint density at radius 2 is 1.22 bits per heavy atom. The average molecular weight is 304 g/mol. The lowest BCUT2D eigenvalue weighted by molar-refractivity contribution is 0.784. The van der Waals surface area contributed by atoms with Gasteiger partial charge in [-0.2, -0.15) is 0 Å². The van der Waals surface area contributed by atoms with Gasteiger partial charge >= 0.3 is 0 Å². The van der Waals surface area contributed by atoms with Gasteiger partial charge in [-0.15, -0.1) is 0 Å². The predicted molar refractivity (Wildman–Crippen MR) is 95.8 cm³/mol. The molecule has 0 aliphatic heterocycles. The third-order valence-corrected chi connectivity index (χ3v) is 3.70. The van der Waals surface area contributed by atoms with Crippen LogP contribution in [-0.4, -0.2) is 4.98 Å². The number of pyridine rings is 1. The Kier molecular flexibility index (Phi) is 4.43. The zero-order valence-electron chi connectivity index (χ0n) is 12.9. The molecule has 0 saturated carbocycles. The first kappa shape index (κ1) is 14.9. The van der Waals surface area contributed by atoms with Crippen LogP contribution in [0.25, 0.3) is 0 Å². The molecular formula is C19H20N4. The fraction of sp³-hybridized carbons (Fsp3) is 0.105. The van der Waals surface area contributed by atoms with Gasteiger partial charge in [0.25, 0.3) is 0 Å². The summed E-state index contributed by atoms with van der Waals surface area (Å²) in [5.74, 6) is 1.19. The van der Waals surface area contributed by atoms with Gasteiger partial charge in [0.05, 0.1) is 5.69 Å². The van der Waals surface area contributed by atoms with Gasteiger partial charge in [0.2, 0.25) is 0 Å². The van der Waals surface area contributed by atoms with E-state index in [1.54, 1.807) is 6.07 Å². The summed E-state index contributed by atoms with van der Waals surface area (Å²) < 4.78 is 0. The monoisotopic (exact) mass is 304 g/mol. The number of hydrogen-bond donors (Lipinski definition) is 2. The van der Waals surface area contributed by atoms with Gasteiger partial charge in [0.15, 0.2) is 0 Å². The first-order valence-corrected chi connectivity index (χ1v) is 7.57. The molecule has 4 heteroatoms. The fourth-order valence-electron chi connectivity index (χ4n) is 2.48. The summed E-state index contributed by atoms with van der Waals surface area (Å²) in [6.45, 7) is 1.51. The normalized spacial score (nSPS) is 10.4. The molecule has 4 N–H and O–H groups in total. The van der Waals surface area contributed by atoms with Crippen molar-refractivity contribution in [3.8, 4) is 0 Å². The lowest BCUT2D eigenvalue weighted by Crippen LogP contribution is -2.23. The number of anilines is 3. The summed E-state index contributed by atoms with van der Waals surface area (Å²) in [7, 11) is 0. The molecular weight excluding hydrogens is 284 g/mol. The van der Waals surface area contributed by atoms with Crippen LogP contribution >= 0.6 is 0 Å². The first-order chi connectivity index (χ1) is 11.2. The molecule has 4 nitrogen and oxygen atoms in total. The highest BCUT2D eigenvalue weighted by molar-refractivity contribution is 5.62. The smallest absolute Gasteiger partial charge is 0.149 e. The Labute approximate surface area is 136 Å². The molecule has 0 unspecified atom stereocenters. The minimum atomic E-state index is 0.369. The van der Waals surface area contributed by atoms with E-state index in [0.717, 1.165) is 18.9 Å². The van der Waals surface area contributed by atoms with Gasteiger partial charge in [-0.05, 0) is 23.3 Å². The predicted octanol–water partition coefficient (Wildman–Crippen LogP) is 3.45. The van der Waals surface area contributed by atoms with E-state index in [4.69, 9.17) is 11.5 Å². The molecule has 2 aromatic carbocycles. The Morgan fingerprint density at radius 1 is 0.696 bits per heavy atom. The summed E-state index contributed by atoms with van der Waals surface area (Å²) in [4.78, 5) is 6.64. The van der Waals surface area contributed by atoms with Gasteiger partial charge < -0.3 is 16.4 Å². The van der Waals surface area contributed by atoms with Crippen LogP contribution in [0.1, 0.15) is 11.1 Å². The van der Waals surface area contributed by atoms with Crippen molar-refractivity contribution in [2.75, 3.05) is 16.4 Å². The molecule has 0 aliphatic carbocycles. The zero-order chi connectivity index (χ0) is 16.1. The minimum Gasteiger partial charge on any atom is -0.396 e. The van der Waals surface area contributed by atoms with Gasteiger partial charge in [0.1, 0.15) is 11.6 Å². The number of nitrogens with zero attached hydrogens (tertiary/aromatic N) is 2. The van der Waals surface area contributed by atoms with Crippen LogP contribution in [0.5, 0.6) is 0 Å². The van der Waals surface area contributed by atoms with E-state index < -0.39 is 0 Å². The Hall–Kier alpha value is -3.01. The standard InChI is InChI=1S/C19H20N4/c20-17-11-12-18(22-19(17)21)23(13-15-7-3-1-4-8-15)14-16-9-5-2-6-10-16/h1-12H,13-14,20H2,(H2,21,22). The van der Waals surface area contributed by atoms with Crippen LogP contribution in [0.15, 0.2) is 72.8 Å². The molecule has 1 heterocycles. The van der Waals surface area contributed by atoms with Crippen LogP contribution in [0.2, 0.25) is 0 Å². The van der Waals surface area contributed by atoms with Crippen molar-refractivity contribution < 1.29 is 0 Å². The second-order valence-corrected chi connectivity index (χ2v) is 5.47. The molecule has 0 saturated heterocycles. The molecule has 3 rings (SSSR count). The van der Waals surface area contributed by atoms with Crippen molar-refractivity contribution in [3.05, 3.63) is 83.9 Å². The maximum atomic E-state index is 5.88. The number of benzene rings is 2. The lowest BCUT2D eigenvalue weighted by Gasteiger charge is -2.24. The number of aromatic nitrogens is 1. The van der Waals surface area contributed by atoms with Crippen molar-refractivity contribution >= 4 is 17.3 Å². The number of nitrogen functional groups attached to an aromatic ring is 2. The topological polar surface area (TPSA) is 68.2 Å². The van der Waals surface area contributed by atoms with Crippen LogP contribution in [0.4, 0.5) is 17.3 Å². The Balaban J connectivity index is 1.90. The highest BCUT2D eigenvalue weighted by atomic mass is 15.2. The van der Waals surface area contributed by atoms with Crippen molar-refractivity contribution in [2.45, 2.75) is 13.1 Å². The number of nitrogens with two attached hydrogens (primary N) is 2. The van der Waals surface area contributed by atoms with Crippen LogP contribution in [0.3, 0.4) is 0 Å². The summed E-state index contributed by atoms with van der Waals surface area (Å²) in [5.41, 5.74) is 14.6. The lowest BCUT2D eigenvalue weighted by atomic mass is 10.1. The summed E-state index contributed by atoms with van der Waals surface area (Å²) >= 11 is 0. The molecule has 1 aromatic heterocycles. The van der Waals surface area contributed by atoms with Crippen molar-refractivity contribution in [2.24, 2.45) is 0 Å². The van der Waals surface area contributed by atoms with E-state index >= 15 is 0 Å². The van der Waals surface area contributed by atoms with E-state index in [1.807, 2.05) is 42.5 Å². The SMILES string of the molecule is Nc1ccc(N(Cc2ccccc2)Cc2ccccc2)nc1N.